The summed E-state index contributed by atoms with van der Waals surface area (Å²) in [6, 6.07) is 65.0. The van der Waals surface area contributed by atoms with Gasteiger partial charge in [0.15, 0.2) is 0 Å². The minimum atomic E-state index is -0.0274. The van der Waals surface area contributed by atoms with Gasteiger partial charge < -0.3 is 0 Å². The number of rotatable bonds is 6. The van der Waals surface area contributed by atoms with E-state index < -0.39 is 0 Å². The molecule has 0 radical (unpaired) electrons. The van der Waals surface area contributed by atoms with Gasteiger partial charge in [-0.1, -0.05) is 240 Å². The van der Waals surface area contributed by atoms with Crippen molar-refractivity contribution in [2.24, 2.45) is 11.8 Å². The number of hydrogen-bond acceptors (Lipinski definition) is 0. The normalized spacial score (nSPS) is 13.6. The molecule has 0 aromatic heterocycles. The van der Waals surface area contributed by atoms with Crippen molar-refractivity contribution in [2.45, 2.75) is 108 Å². The van der Waals surface area contributed by atoms with Crippen molar-refractivity contribution in [1.29, 1.82) is 0 Å². The first kappa shape index (κ1) is 50.2. The minimum absolute atomic E-state index is 0.0274. The van der Waals surface area contributed by atoms with E-state index in [1.807, 2.05) is 13.8 Å². The monoisotopic (exact) mass is 1030 g/mol. The van der Waals surface area contributed by atoms with Gasteiger partial charge in [0.25, 0.3) is 0 Å². The van der Waals surface area contributed by atoms with Gasteiger partial charge in [0, 0.05) is 0 Å². The molecule has 0 amide bonds. The van der Waals surface area contributed by atoms with Gasteiger partial charge in [-0.2, -0.15) is 0 Å². The van der Waals surface area contributed by atoms with Crippen molar-refractivity contribution in [3.05, 3.63) is 198 Å². The van der Waals surface area contributed by atoms with E-state index in [0.717, 1.165) is 0 Å². The largest absolute Gasteiger partial charge is 0.0836 e. The minimum Gasteiger partial charge on any atom is -0.0836 e. The molecule has 0 heterocycles. The molecule has 14 aromatic carbocycles. The molecule has 0 unspecified atom stereocenters. The Morgan fingerprint density at radius 2 is 0.787 bits per heavy atom. The molecule has 14 aromatic rings. The van der Waals surface area contributed by atoms with E-state index in [1.165, 1.54) is 186 Å². The van der Waals surface area contributed by atoms with E-state index in [4.69, 9.17) is 0 Å². The molecule has 0 spiro atoms. The molecule has 0 saturated heterocycles. The summed E-state index contributed by atoms with van der Waals surface area (Å²) in [5, 5.41) is 26.8. The van der Waals surface area contributed by atoms with E-state index in [9.17, 15) is 0 Å². The van der Waals surface area contributed by atoms with Crippen molar-refractivity contribution in [3.8, 4) is 44.5 Å². The molecule has 0 heteroatoms. The van der Waals surface area contributed by atoms with Crippen LogP contribution < -0.4 is 0 Å². The Balaban J connectivity index is 0.00000285. The number of benzene rings is 12. The van der Waals surface area contributed by atoms with Crippen LogP contribution in [-0.2, 0) is 10.8 Å². The molecule has 80 heavy (non-hydrogen) atoms. The van der Waals surface area contributed by atoms with Crippen LogP contribution in [0.5, 0.6) is 0 Å². The van der Waals surface area contributed by atoms with Crippen LogP contribution in [0.3, 0.4) is 0 Å². The van der Waals surface area contributed by atoms with Crippen LogP contribution in [0.15, 0.2) is 181 Å². The maximum Gasteiger partial charge on any atom is -0.000740 e. The average Bonchev–Trinajstić information content (AvgIpc) is 4.30. The fourth-order valence-electron chi connectivity index (χ4n) is 14.8. The highest BCUT2D eigenvalue weighted by molar-refractivity contribution is 6.47. The Kier molecular flexibility index (Phi) is 11.1. The van der Waals surface area contributed by atoms with E-state index in [-0.39, 0.29) is 10.8 Å². The van der Waals surface area contributed by atoms with E-state index in [1.54, 1.807) is 0 Å². The molecular weight excluding hydrogens is 961 g/mol. The Bertz CT molecular complexity index is 4760. The summed E-state index contributed by atoms with van der Waals surface area (Å²) >= 11 is 0. The molecule has 0 saturated carbocycles. The summed E-state index contributed by atoms with van der Waals surface area (Å²) in [5.41, 5.74) is 18.8. The van der Waals surface area contributed by atoms with Crippen LogP contribution in [0.2, 0.25) is 0 Å². The number of hydrogen-bond donors (Lipinski definition) is 0. The highest BCUT2D eigenvalue weighted by Crippen LogP contribution is 2.58. The van der Waals surface area contributed by atoms with Crippen LogP contribution in [0.25, 0.3) is 158 Å². The molecule has 1 aliphatic rings. The first-order chi connectivity index (χ1) is 38.5. The number of fused-ring (bicyclic) bond motifs is 12. The molecule has 0 aliphatic heterocycles. The van der Waals surface area contributed by atoms with Crippen LogP contribution in [0.4, 0.5) is 0 Å². The van der Waals surface area contributed by atoms with Crippen LogP contribution >= 0.6 is 0 Å². The highest BCUT2D eigenvalue weighted by Gasteiger charge is 2.31. The Morgan fingerprint density at radius 3 is 1.26 bits per heavy atom. The highest BCUT2D eigenvalue weighted by atomic mass is 14.3. The third kappa shape index (κ3) is 6.93. The maximum absolute atomic E-state index is 2.58. The van der Waals surface area contributed by atoms with Crippen molar-refractivity contribution in [3.63, 3.8) is 0 Å². The van der Waals surface area contributed by atoms with Crippen molar-refractivity contribution < 1.29 is 0 Å². The smallest absolute Gasteiger partial charge is 0.000740 e. The summed E-state index contributed by atoms with van der Waals surface area (Å²) in [7, 11) is 0. The van der Waals surface area contributed by atoms with Gasteiger partial charge in [0.1, 0.15) is 0 Å². The lowest BCUT2D eigenvalue weighted by Gasteiger charge is -2.23. The van der Waals surface area contributed by atoms with E-state index in [0.29, 0.717) is 11.8 Å². The fourth-order valence-corrected chi connectivity index (χ4v) is 14.8. The van der Waals surface area contributed by atoms with Crippen LogP contribution in [0, 0.1) is 11.8 Å². The van der Waals surface area contributed by atoms with Gasteiger partial charge in [-0.25, -0.2) is 0 Å². The van der Waals surface area contributed by atoms with Crippen LogP contribution in [-0.4, -0.2) is 0 Å². The molecule has 0 nitrogen and oxygen atoms in total. The van der Waals surface area contributed by atoms with E-state index in [2.05, 4.69) is 253 Å². The van der Waals surface area contributed by atoms with Gasteiger partial charge in [0.2, 0.25) is 0 Å². The summed E-state index contributed by atoms with van der Waals surface area (Å²) in [6.07, 6.45) is 2.34. The molecular formula is C80H72. The molecule has 0 fully saturated rings. The second kappa shape index (κ2) is 17.7. The molecule has 0 N–H and O–H groups in total. The maximum atomic E-state index is 2.58. The van der Waals surface area contributed by atoms with Crippen molar-refractivity contribution >= 4 is 113 Å². The summed E-state index contributed by atoms with van der Waals surface area (Å²) in [5.74, 6) is 0.874. The lowest BCUT2D eigenvalue weighted by Crippen LogP contribution is -2.11. The molecule has 15 rings (SSSR count). The molecule has 0 atom stereocenters. The summed E-state index contributed by atoms with van der Waals surface area (Å²) < 4.78 is 0. The van der Waals surface area contributed by atoms with Crippen molar-refractivity contribution in [2.75, 3.05) is 0 Å². The van der Waals surface area contributed by atoms with E-state index >= 15 is 0 Å². The predicted molar refractivity (Wildman–Crippen MR) is 355 cm³/mol. The van der Waals surface area contributed by atoms with Gasteiger partial charge in [-0.15, -0.1) is 0 Å². The predicted octanol–water partition coefficient (Wildman–Crippen LogP) is 24.2. The second-order valence-electron chi connectivity index (χ2n) is 25.8. The molecule has 392 valence electrons. The first-order valence-electron chi connectivity index (χ1n) is 29.7. The summed E-state index contributed by atoms with van der Waals surface area (Å²) in [4.78, 5) is 0. The molecule has 0 bridgehead atoms. The van der Waals surface area contributed by atoms with Gasteiger partial charge >= 0.3 is 0 Å². The second-order valence-corrected chi connectivity index (χ2v) is 25.8. The zero-order valence-electron chi connectivity index (χ0n) is 49.3. The Labute approximate surface area is 472 Å². The lowest BCUT2D eigenvalue weighted by molar-refractivity contribution is 0.590. The third-order valence-corrected chi connectivity index (χ3v) is 18.8. The first-order valence-corrected chi connectivity index (χ1v) is 29.7. The van der Waals surface area contributed by atoms with Crippen molar-refractivity contribution in [1.82, 2.24) is 0 Å². The fraction of sp³-hybridized carbons (Fsp3) is 0.225. The van der Waals surface area contributed by atoms with Gasteiger partial charge in [0.05, 0.1) is 0 Å². The van der Waals surface area contributed by atoms with Crippen LogP contribution in [0.1, 0.15) is 114 Å². The zero-order chi connectivity index (χ0) is 55.6. The van der Waals surface area contributed by atoms with Gasteiger partial charge in [-0.05, 0) is 235 Å². The standard InChI is InChI=1S/C78H66.C2H6/c1-13-50(42(4)5)67(43(6)41(2)3)47-26-27-51-54-28-29-55-57-32-34-60-74-61(35-33-58(73(57)74)56-30-31-59(62(51)38-47)71(54)72(55)56)76-70(46-21-15-23-49(37-46)78(10,11)12)66-40-64-53-25-17-19-44-18-16-24-52(68(44)53)63(64)39-65(66)69(75(60)76)45-20-14-22-48(36-45)77(7,8)9;1-2/h13-42H,1-12H3;1-2H3/b50-13-,67-43+;. The Morgan fingerprint density at radius 1 is 0.362 bits per heavy atom. The topological polar surface area (TPSA) is 0 Å². The quantitative estimate of drug-likeness (QED) is 0.0884. The number of allylic oxidation sites excluding steroid dienone is 4. The third-order valence-electron chi connectivity index (χ3n) is 18.8. The summed E-state index contributed by atoms with van der Waals surface area (Å²) in [6.45, 7) is 32.0. The zero-order valence-corrected chi connectivity index (χ0v) is 49.3. The van der Waals surface area contributed by atoms with Gasteiger partial charge in [-0.3, -0.25) is 0 Å². The average molecular weight is 1030 g/mol. The lowest BCUT2D eigenvalue weighted by atomic mass is 9.81. The Hall–Kier alpha value is -8.06. The molecule has 1 aliphatic carbocycles. The SMILES string of the molecule is C/C=C(\C(=C(/C)C(C)C)c1ccc2c(c1)-c1ccc3c4ccc5c6c(-c7cccc(C(C)(C)C)c7)c7cc8c(cc7c(-c7cccc(C(C)(C)C)c7)c6c6ccc(c7ccc-2c1c73)c4c65)c1cccc2cccc8c21)C(C)C.CC.